The molecule has 1 aromatic rings. The second kappa shape index (κ2) is 6.06. The molecule has 0 bridgehead atoms. The zero-order valence-corrected chi connectivity index (χ0v) is 12.8. The summed E-state index contributed by atoms with van der Waals surface area (Å²) in [5.74, 6) is 0.761. The van der Waals surface area contributed by atoms with Crippen LogP contribution in [-0.2, 0) is 5.54 Å². The minimum absolute atomic E-state index is 0.128. The summed E-state index contributed by atoms with van der Waals surface area (Å²) in [5, 5.41) is 3.76. The summed E-state index contributed by atoms with van der Waals surface area (Å²) in [4.78, 5) is 2.63. The van der Waals surface area contributed by atoms with Crippen LogP contribution in [-0.4, -0.2) is 30.6 Å². The van der Waals surface area contributed by atoms with E-state index in [4.69, 9.17) is 0 Å². The molecule has 1 aromatic carbocycles. The van der Waals surface area contributed by atoms with E-state index in [0.29, 0.717) is 6.04 Å². The van der Waals surface area contributed by atoms with E-state index in [0.717, 1.165) is 25.6 Å². The highest BCUT2D eigenvalue weighted by atomic mass is 15.3. The van der Waals surface area contributed by atoms with Crippen LogP contribution >= 0.6 is 0 Å². The van der Waals surface area contributed by atoms with Crippen LogP contribution in [0, 0.1) is 5.92 Å². The van der Waals surface area contributed by atoms with Crippen molar-refractivity contribution in [3.8, 4) is 0 Å². The van der Waals surface area contributed by atoms with E-state index in [9.17, 15) is 0 Å². The van der Waals surface area contributed by atoms with Gasteiger partial charge in [-0.3, -0.25) is 4.90 Å². The lowest BCUT2D eigenvalue weighted by Crippen LogP contribution is -2.61. The molecule has 2 heteroatoms. The van der Waals surface area contributed by atoms with Crippen molar-refractivity contribution in [2.45, 2.75) is 45.7 Å². The average molecular weight is 260 g/mol. The van der Waals surface area contributed by atoms with Crippen molar-refractivity contribution in [2.75, 3.05) is 19.6 Å². The molecule has 2 rings (SSSR count). The van der Waals surface area contributed by atoms with Gasteiger partial charge in [-0.1, -0.05) is 51.1 Å². The van der Waals surface area contributed by atoms with Crippen LogP contribution in [0.1, 0.15) is 39.7 Å². The fourth-order valence-electron chi connectivity index (χ4n) is 3.27. The van der Waals surface area contributed by atoms with Gasteiger partial charge in [0.2, 0.25) is 0 Å². The molecular formula is C17H28N2. The molecule has 2 atom stereocenters. The first kappa shape index (κ1) is 14.5. The van der Waals surface area contributed by atoms with Crippen LogP contribution in [0.2, 0.25) is 0 Å². The molecule has 1 fully saturated rings. The Morgan fingerprint density at radius 2 is 2.00 bits per heavy atom. The topological polar surface area (TPSA) is 15.3 Å². The van der Waals surface area contributed by atoms with Crippen molar-refractivity contribution < 1.29 is 0 Å². The lowest BCUT2D eigenvalue weighted by Gasteiger charge is -2.48. The first-order chi connectivity index (χ1) is 9.06. The highest BCUT2D eigenvalue weighted by Crippen LogP contribution is 2.31. The maximum atomic E-state index is 3.76. The molecule has 0 radical (unpaired) electrons. The Morgan fingerprint density at radius 1 is 1.32 bits per heavy atom. The van der Waals surface area contributed by atoms with Crippen LogP contribution in [0.15, 0.2) is 30.3 Å². The number of nitrogens with one attached hydrogen (secondary N) is 1. The zero-order chi connectivity index (χ0) is 13.9. The van der Waals surface area contributed by atoms with Gasteiger partial charge in [-0.2, -0.15) is 0 Å². The minimum atomic E-state index is 0.128. The Balaban J connectivity index is 2.15. The van der Waals surface area contributed by atoms with Crippen molar-refractivity contribution >= 4 is 0 Å². The fourth-order valence-corrected chi connectivity index (χ4v) is 3.27. The van der Waals surface area contributed by atoms with E-state index in [2.05, 4.69) is 68.2 Å². The van der Waals surface area contributed by atoms with Gasteiger partial charge in [0.15, 0.2) is 0 Å². The second-order valence-electron chi connectivity index (χ2n) is 6.39. The van der Waals surface area contributed by atoms with Gasteiger partial charge in [0.05, 0.1) is 5.54 Å². The summed E-state index contributed by atoms with van der Waals surface area (Å²) in [7, 11) is 0. The van der Waals surface area contributed by atoms with E-state index < -0.39 is 0 Å². The van der Waals surface area contributed by atoms with Gasteiger partial charge in [0.1, 0.15) is 0 Å². The molecule has 0 aliphatic carbocycles. The fraction of sp³-hybridized carbons (Fsp3) is 0.647. The normalized spacial score (nSPS) is 28.8. The number of likely N-dealkylation sites (N-methyl/N-ethyl adjacent to an activating group) is 1. The van der Waals surface area contributed by atoms with Gasteiger partial charge in [-0.05, 0) is 31.4 Å². The molecular weight excluding hydrogens is 232 g/mol. The summed E-state index contributed by atoms with van der Waals surface area (Å²) < 4.78 is 0. The number of hydrogen-bond acceptors (Lipinski definition) is 2. The van der Waals surface area contributed by atoms with Crippen LogP contribution in [0.5, 0.6) is 0 Å². The molecule has 1 N–H and O–H groups in total. The van der Waals surface area contributed by atoms with Crippen molar-refractivity contribution in [3.63, 3.8) is 0 Å². The third-order valence-corrected chi connectivity index (χ3v) is 4.41. The molecule has 2 unspecified atom stereocenters. The Labute approximate surface area is 118 Å². The maximum Gasteiger partial charge on any atom is 0.0557 e. The van der Waals surface area contributed by atoms with Crippen molar-refractivity contribution in [1.82, 2.24) is 10.2 Å². The third-order valence-electron chi connectivity index (χ3n) is 4.41. The summed E-state index contributed by atoms with van der Waals surface area (Å²) >= 11 is 0. The monoisotopic (exact) mass is 260 g/mol. The number of rotatable bonds is 4. The molecule has 1 aliphatic heterocycles. The predicted molar refractivity (Wildman–Crippen MR) is 82.3 cm³/mol. The number of benzene rings is 1. The molecule has 0 saturated carbocycles. The molecule has 2 nitrogen and oxygen atoms in total. The van der Waals surface area contributed by atoms with Gasteiger partial charge < -0.3 is 5.32 Å². The average Bonchev–Trinajstić information content (AvgIpc) is 2.41. The number of hydrogen-bond donors (Lipinski definition) is 1. The first-order valence-electron chi connectivity index (χ1n) is 7.60. The third kappa shape index (κ3) is 3.18. The standard InChI is InChI=1S/C17H28N2/c1-5-19-12-16(11-14(2)3)18-13-17(19,4)15-9-7-6-8-10-15/h6-10,14,16,18H,5,11-13H2,1-4H3. The SMILES string of the molecule is CCN1CC(CC(C)C)NCC1(C)c1ccccc1. The molecule has 1 heterocycles. The van der Waals surface area contributed by atoms with Crippen LogP contribution in [0.25, 0.3) is 0 Å². The molecule has 0 amide bonds. The Hall–Kier alpha value is -0.860. The smallest absolute Gasteiger partial charge is 0.0557 e. The number of nitrogens with zero attached hydrogens (tertiary/aromatic N) is 1. The Morgan fingerprint density at radius 3 is 2.58 bits per heavy atom. The van der Waals surface area contributed by atoms with Gasteiger partial charge in [-0.15, -0.1) is 0 Å². The highest BCUT2D eigenvalue weighted by Gasteiger charge is 2.38. The highest BCUT2D eigenvalue weighted by molar-refractivity contribution is 5.25. The lowest BCUT2D eigenvalue weighted by molar-refractivity contribution is 0.0501. The van der Waals surface area contributed by atoms with Gasteiger partial charge in [0, 0.05) is 19.1 Å². The van der Waals surface area contributed by atoms with Crippen molar-refractivity contribution in [2.24, 2.45) is 5.92 Å². The summed E-state index contributed by atoms with van der Waals surface area (Å²) in [6, 6.07) is 11.5. The molecule has 0 spiro atoms. The summed E-state index contributed by atoms with van der Waals surface area (Å²) in [6.07, 6.45) is 1.27. The van der Waals surface area contributed by atoms with Crippen molar-refractivity contribution in [3.05, 3.63) is 35.9 Å². The van der Waals surface area contributed by atoms with Crippen LogP contribution in [0.3, 0.4) is 0 Å². The van der Waals surface area contributed by atoms with Gasteiger partial charge >= 0.3 is 0 Å². The first-order valence-corrected chi connectivity index (χ1v) is 7.60. The molecule has 106 valence electrons. The predicted octanol–water partition coefficient (Wildman–Crippen LogP) is 3.24. The second-order valence-corrected chi connectivity index (χ2v) is 6.39. The van der Waals surface area contributed by atoms with E-state index in [1.165, 1.54) is 12.0 Å². The van der Waals surface area contributed by atoms with Gasteiger partial charge in [0.25, 0.3) is 0 Å². The molecule has 1 saturated heterocycles. The van der Waals surface area contributed by atoms with E-state index in [-0.39, 0.29) is 5.54 Å². The summed E-state index contributed by atoms with van der Waals surface area (Å²) in [5.41, 5.74) is 1.55. The van der Waals surface area contributed by atoms with E-state index in [1.807, 2.05) is 0 Å². The zero-order valence-electron chi connectivity index (χ0n) is 12.8. The van der Waals surface area contributed by atoms with E-state index in [1.54, 1.807) is 0 Å². The number of piperazine rings is 1. The van der Waals surface area contributed by atoms with E-state index >= 15 is 0 Å². The summed E-state index contributed by atoms with van der Waals surface area (Å²) in [6.45, 7) is 12.6. The van der Waals surface area contributed by atoms with Crippen LogP contribution < -0.4 is 5.32 Å². The minimum Gasteiger partial charge on any atom is -0.311 e. The maximum absolute atomic E-state index is 3.76. The van der Waals surface area contributed by atoms with Gasteiger partial charge in [-0.25, -0.2) is 0 Å². The van der Waals surface area contributed by atoms with Crippen molar-refractivity contribution in [1.29, 1.82) is 0 Å². The lowest BCUT2D eigenvalue weighted by atomic mass is 9.86. The molecule has 0 aromatic heterocycles. The molecule has 19 heavy (non-hydrogen) atoms. The largest absolute Gasteiger partial charge is 0.311 e. The Kier molecular flexibility index (Phi) is 4.64. The van der Waals surface area contributed by atoms with Crippen LogP contribution in [0.4, 0.5) is 0 Å². The Bertz CT molecular complexity index is 388. The molecule has 1 aliphatic rings. The quantitative estimate of drug-likeness (QED) is 0.894.